The first-order chi connectivity index (χ1) is 5.20. The van der Waals surface area contributed by atoms with Gasteiger partial charge in [-0.1, -0.05) is 0 Å². The zero-order chi connectivity index (χ0) is 10.7. The summed E-state index contributed by atoms with van der Waals surface area (Å²) in [5, 5.41) is 45.9. The fourth-order valence-electron chi connectivity index (χ4n) is 0. The van der Waals surface area contributed by atoms with E-state index in [1.54, 1.807) is 0 Å². The molecule has 0 aliphatic carbocycles. The maximum absolute atomic E-state index is 8.44. The van der Waals surface area contributed by atoms with Gasteiger partial charge in [-0.15, -0.1) is 0 Å². The quantitative estimate of drug-likeness (QED) is 0.381. The normalized spacial score (nSPS) is 5.54. The van der Waals surface area contributed by atoms with Crippen LogP contribution in [0, 0.1) is 0 Å². The zero-order valence-corrected chi connectivity index (χ0v) is 7.67. The molecule has 0 amide bonds. The summed E-state index contributed by atoms with van der Waals surface area (Å²) in [5.74, 6) is 0. The fraction of sp³-hybridized carbons (Fsp3) is 0. The number of carboxylic acid groups (broad SMARTS) is 6. The molecule has 10 heteroatoms. The van der Waals surface area contributed by atoms with Crippen LogP contribution >= 0.6 is 0 Å². The number of hydrogen-bond donors (Lipinski definition) is 3. The summed E-state index contributed by atoms with van der Waals surface area (Å²) >= 11 is 0. The second-order valence-electron chi connectivity index (χ2n) is 0.798. The van der Waals surface area contributed by atoms with Crippen LogP contribution in [0.4, 0.5) is 14.4 Å². The molecule has 0 aromatic carbocycles. The maximum atomic E-state index is 8.44. The Kier molecular flexibility index (Phi) is 29.5. The second-order valence-corrected chi connectivity index (χ2v) is 0.798. The number of rotatable bonds is 0. The number of hydrogen-bond acceptors (Lipinski definition) is 6. The van der Waals surface area contributed by atoms with Gasteiger partial charge in [-0.25, -0.2) is 0 Å². The molecular weight excluding hydrogens is 225 g/mol. The first-order valence-electron chi connectivity index (χ1n) is 1.90. The van der Waals surface area contributed by atoms with Crippen molar-refractivity contribution in [3.8, 4) is 0 Å². The van der Waals surface area contributed by atoms with Crippen molar-refractivity contribution in [2.75, 3.05) is 0 Å². The summed E-state index contributed by atoms with van der Waals surface area (Å²) in [6, 6.07) is 0. The third-order valence-corrected chi connectivity index (χ3v) is 0. The van der Waals surface area contributed by atoms with Crippen molar-refractivity contribution in [2.45, 2.75) is 0 Å². The molecule has 0 aliphatic heterocycles. The van der Waals surface area contributed by atoms with Gasteiger partial charge >= 0.3 is 25.8 Å². The van der Waals surface area contributed by atoms with Crippen LogP contribution in [0.5, 0.6) is 0 Å². The van der Waals surface area contributed by atoms with Gasteiger partial charge < -0.3 is 45.0 Å². The van der Waals surface area contributed by atoms with Crippen molar-refractivity contribution in [2.24, 2.45) is 0 Å². The third-order valence-electron chi connectivity index (χ3n) is 0. The molecule has 0 saturated heterocycles. The standard InChI is InChI=1S/3CH2O3.Sc/c3*2-1(3)4;/h3*(H2,2,3,4);/q;;;+3/p-3. The van der Waals surface area contributed by atoms with Crippen molar-refractivity contribution in [3.05, 3.63) is 0 Å². The van der Waals surface area contributed by atoms with E-state index in [0.29, 0.717) is 0 Å². The molecule has 13 heavy (non-hydrogen) atoms. The molecule has 9 nitrogen and oxygen atoms in total. The molecule has 0 atom stereocenters. The molecule has 0 spiro atoms. The Balaban J connectivity index is -0.0000000450. The Morgan fingerprint density at radius 3 is 0.692 bits per heavy atom. The van der Waals surface area contributed by atoms with E-state index in [4.69, 9.17) is 45.0 Å². The topological polar surface area (TPSA) is 181 Å². The first-order valence-corrected chi connectivity index (χ1v) is 1.90. The SMILES string of the molecule is O=C([O-])O.O=C([O-])O.O=C([O-])O.[Sc+3]. The second kappa shape index (κ2) is 17.0. The molecule has 0 radical (unpaired) electrons. The molecule has 3 N–H and O–H groups in total. The zero-order valence-electron chi connectivity index (χ0n) is 5.87. The Hall–Kier alpha value is -1.32. The van der Waals surface area contributed by atoms with E-state index in [1.165, 1.54) is 0 Å². The Labute approximate surface area is 89.6 Å². The summed E-state index contributed by atoms with van der Waals surface area (Å²) in [6.45, 7) is 0. The van der Waals surface area contributed by atoms with Gasteiger partial charge in [0.1, 0.15) is 0 Å². The van der Waals surface area contributed by atoms with E-state index in [2.05, 4.69) is 0 Å². The van der Waals surface area contributed by atoms with Gasteiger partial charge in [-0.3, -0.25) is 0 Å². The largest absolute Gasteiger partial charge is 3.00 e. The minimum Gasteiger partial charge on any atom is -0.565 e. The summed E-state index contributed by atoms with van der Waals surface area (Å²) < 4.78 is 0. The molecule has 0 aliphatic rings. The number of carbonyl (C=O) groups is 3. The van der Waals surface area contributed by atoms with Gasteiger partial charge in [0, 0.05) is 0 Å². The van der Waals surface area contributed by atoms with Crippen LogP contribution in [-0.2, 0) is 25.8 Å². The van der Waals surface area contributed by atoms with Gasteiger partial charge in [-0.05, 0) is 0 Å². The van der Waals surface area contributed by atoms with Gasteiger partial charge in [0.15, 0.2) is 0 Å². The predicted molar refractivity (Wildman–Crippen MR) is 24.1 cm³/mol. The van der Waals surface area contributed by atoms with Gasteiger partial charge in [0.25, 0.3) is 0 Å². The van der Waals surface area contributed by atoms with Crippen molar-refractivity contribution in [3.63, 3.8) is 0 Å². The molecule has 0 aromatic heterocycles. The van der Waals surface area contributed by atoms with Crippen molar-refractivity contribution in [1.29, 1.82) is 0 Å². The van der Waals surface area contributed by atoms with Gasteiger partial charge in [-0.2, -0.15) is 0 Å². The summed E-state index contributed by atoms with van der Waals surface area (Å²) in [7, 11) is 0. The molecule has 0 rings (SSSR count). The first kappa shape index (κ1) is 22.6. The van der Waals surface area contributed by atoms with E-state index >= 15 is 0 Å². The molecule has 0 bridgehead atoms. The van der Waals surface area contributed by atoms with Crippen LogP contribution in [0.25, 0.3) is 0 Å². The molecule has 0 aromatic rings. The third kappa shape index (κ3) is 462. The Bertz CT molecular complexity index is 112. The molecule has 0 fully saturated rings. The van der Waals surface area contributed by atoms with E-state index in [9.17, 15) is 0 Å². The fourth-order valence-corrected chi connectivity index (χ4v) is 0. The van der Waals surface area contributed by atoms with Crippen LogP contribution in [0.15, 0.2) is 0 Å². The van der Waals surface area contributed by atoms with E-state index < -0.39 is 18.5 Å². The van der Waals surface area contributed by atoms with Crippen LogP contribution < -0.4 is 15.3 Å². The summed E-state index contributed by atoms with van der Waals surface area (Å²) in [5.41, 5.74) is 0. The smallest absolute Gasteiger partial charge is 0.565 e. The summed E-state index contributed by atoms with van der Waals surface area (Å²) in [6.07, 6.45) is -6.25. The van der Waals surface area contributed by atoms with Crippen molar-refractivity contribution >= 4 is 18.5 Å². The van der Waals surface area contributed by atoms with Crippen LogP contribution in [0.3, 0.4) is 0 Å². The monoisotopic (exact) mass is 228 g/mol. The minimum absolute atomic E-state index is 0. The molecule has 0 unspecified atom stereocenters. The van der Waals surface area contributed by atoms with Crippen LogP contribution in [0.1, 0.15) is 0 Å². The molecule has 72 valence electrons. The average molecular weight is 228 g/mol. The predicted octanol–water partition coefficient (Wildman–Crippen LogP) is -3.34. The van der Waals surface area contributed by atoms with Gasteiger partial charge in [0.2, 0.25) is 18.5 Å². The van der Waals surface area contributed by atoms with Crippen LogP contribution in [0.2, 0.25) is 0 Å². The Morgan fingerprint density at radius 1 is 0.692 bits per heavy atom. The Morgan fingerprint density at radius 2 is 0.692 bits per heavy atom. The molecular formula is C3H3O9Sc. The van der Waals surface area contributed by atoms with E-state index in [1.807, 2.05) is 0 Å². The molecule has 0 heterocycles. The maximum Gasteiger partial charge on any atom is 3.00 e. The van der Waals surface area contributed by atoms with Crippen molar-refractivity contribution in [1.82, 2.24) is 0 Å². The molecule has 0 saturated carbocycles. The van der Waals surface area contributed by atoms with Gasteiger partial charge in [0.05, 0.1) is 0 Å². The summed E-state index contributed by atoms with van der Waals surface area (Å²) in [4.78, 5) is 25.3. The minimum atomic E-state index is -2.08. The van der Waals surface area contributed by atoms with Crippen LogP contribution in [-0.4, -0.2) is 33.8 Å². The van der Waals surface area contributed by atoms with Crippen molar-refractivity contribution < 1.29 is 70.9 Å². The average Bonchev–Trinajstić information content (AvgIpc) is 1.54. The van der Waals surface area contributed by atoms with E-state index in [0.717, 1.165) is 0 Å². The van der Waals surface area contributed by atoms with E-state index in [-0.39, 0.29) is 25.8 Å².